The molecule has 0 unspecified atom stereocenters. The van der Waals surface area contributed by atoms with Gasteiger partial charge in [0, 0.05) is 30.2 Å². The van der Waals surface area contributed by atoms with Crippen molar-refractivity contribution >= 4 is 176 Å². The molecule has 0 saturated carbocycles. The van der Waals surface area contributed by atoms with E-state index in [1.54, 1.807) is 0 Å². The Morgan fingerprint density at radius 1 is 0.267 bits per heavy atom. The molecule has 0 radical (unpaired) electrons. The summed E-state index contributed by atoms with van der Waals surface area (Å²) in [7, 11) is 0. The van der Waals surface area contributed by atoms with Gasteiger partial charge in [0.1, 0.15) is 0 Å². The number of carbonyl (C=O) groups excluding carboxylic acids is 5. The lowest BCUT2D eigenvalue weighted by molar-refractivity contribution is 0.0964. The van der Waals surface area contributed by atoms with Crippen LogP contribution in [0, 0.1) is 0 Å². The quantitative estimate of drug-likeness (QED) is 0.0573. The van der Waals surface area contributed by atoms with Crippen molar-refractivity contribution in [3.05, 3.63) is 54.2 Å². The van der Waals surface area contributed by atoms with Crippen LogP contribution in [0.1, 0.15) is 122 Å². The van der Waals surface area contributed by atoms with Crippen molar-refractivity contribution in [1.82, 2.24) is 76.4 Å². The number of aliphatic imine (C=N–C) groups is 5. The fourth-order valence-corrected chi connectivity index (χ4v) is 6.11. The second-order valence-electron chi connectivity index (χ2n) is 18.5. The van der Waals surface area contributed by atoms with Crippen LogP contribution in [0.2, 0.25) is 25.8 Å². The monoisotopic (exact) mass is 1360 g/mol. The summed E-state index contributed by atoms with van der Waals surface area (Å²) in [5.74, 6) is -4.33. The second-order valence-corrected chi connectivity index (χ2v) is 20.3. The van der Waals surface area contributed by atoms with Crippen LogP contribution >= 0.6 is 58.0 Å². The van der Waals surface area contributed by atoms with Crippen LogP contribution in [0.3, 0.4) is 0 Å². The standard InChI is InChI=1S/5C9H14ClN7O/c5*1-3(2)14-9(13)17-8(18)4-6(11)16-7(12)5(10)15-4/h5*3H,1-2H3,(H4,11,12,16)(H3,13,14,17,18). The molecular formula is C45H70Cl5N35O5. The summed E-state index contributed by atoms with van der Waals surface area (Å²) in [4.78, 5) is 116. The van der Waals surface area contributed by atoms with Crippen molar-refractivity contribution in [2.24, 2.45) is 53.6 Å². The molecule has 0 aliphatic rings. The van der Waals surface area contributed by atoms with Crippen LogP contribution in [0.5, 0.6) is 0 Å². The average Bonchev–Trinajstić information content (AvgIpc) is 1.03. The number of nitrogens with one attached hydrogen (secondary N) is 5. The van der Waals surface area contributed by atoms with Crippen molar-refractivity contribution in [3.63, 3.8) is 0 Å². The average molecular weight is 1360 g/mol. The molecule has 5 aromatic heterocycles. The predicted molar refractivity (Wildman–Crippen MR) is 350 cm³/mol. The number of nitrogens with two attached hydrogens (primary N) is 15. The zero-order chi connectivity index (χ0) is 69.3. The zero-order valence-corrected chi connectivity index (χ0v) is 53.5. The Balaban J connectivity index is 0.000000562. The summed E-state index contributed by atoms with van der Waals surface area (Å²) < 4.78 is 0. The van der Waals surface area contributed by atoms with E-state index in [0.717, 1.165) is 0 Å². The van der Waals surface area contributed by atoms with E-state index in [1.165, 1.54) is 0 Å². The summed E-state index contributed by atoms with van der Waals surface area (Å²) >= 11 is 28.3. The molecule has 0 saturated heterocycles. The third kappa shape index (κ3) is 27.1. The number of nitrogen functional groups attached to an aromatic ring is 10. The van der Waals surface area contributed by atoms with Gasteiger partial charge < -0.3 is 86.0 Å². The highest BCUT2D eigenvalue weighted by atomic mass is 35.5. The molecule has 0 atom stereocenters. The maximum atomic E-state index is 11.8. The number of hydrogen-bond donors (Lipinski definition) is 20. The fraction of sp³-hybridized carbons (Fsp3) is 0.333. The van der Waals surface area contributed by atoms with Crippen LogP contribution in [-0.2, 0) is 0 Å². The molecule has 0 bridgehead atoms. The minimum Gasteiger partial charge on any atom is -0.382 e. The van der Waals surface area contributed by atoms with Gasteiger partial charge in [-0.15, -0.1) is 0 Å². The number of amides is 5. The molecule has 45 heteroatoms. The van der Waals surface area contributed by atoms with Crippen molar-refractivity contribution in [2.75, 3.05) is 57.3 Å². The van der Waals surface area contributed by atoms with Crippen LogP contribution in [0.15, 0.2) is 25.0 Å². The third-order valence-corrected chi connectivity index (χ3v) is 10.2. The highest BCUT2D eigenvalue weighted by Crippen LogP contribution is 2.21. The molecule has 40 nitrogen and oxygen atoms in total. The molecule has 5 amide bonds. The Labute approximate surface area is 538 Å². The topological polar surface area (TPSA) is 726 Å². The molecule has 0 aliphatic heterocycles. The van der Waals surface area contributed by atoms with Crippen molar-refractivity contribution in [3.8, 4) is 0 Å². The maximum absolute atomic E-state index is 11.8. The van der Waals surface area contributed by atoms with Crippen molar-refractivity contribution < 1.29 is 24.0 Å². The van der Waals surface area contributed by atoms with Crippen LogP contribution < -0.4 is 113 Å². The van der Waals surface area contributed by atoms with E-state index in [-0.39, 0.29) is 172 Å². The van der Waals surface area contributed by atoms with E-state index in [4.69, 9.17) is 144 Å². The lowest BCUT2D eigenvalue weighted by Crippen LogP contribution is -2.38. The van der Waals surface area contributed by atoms with E-state index in [0.29, 0.717) is 0 Å². The first kappa shape index (κ1) is 77.6. The second kappa shape index (κ2) is 36.0. The molecule has 0 aromatic carbocycles. The molecule has 5 rings (SSSR count). The number of aromatic nitrogens is 10. The van der Waals surface area contributed by atoms with Gasteiger partial charge in [-0.2, -0.15) is 0 Å². The molecule has 35 N–H and O–H groups in total. The van der Waals surface area contributed by atoms with Crippen LogP contribution in [-0.4, -0.2) is 139 Å². The highest BCUT2D eigenvalue weighted by molar-refractivity contribution is 6.33. The minimum atomic E-state index is -0.649. The van der Waals surface area contributed by atoms with Gasteiger partial charge in [0.15, 0.2) is 142 Å². The minimum absolute atomic E-state index is 0.0378. The number of guanidine groups is 5. The Bertz CT molecular complexity index is 3030. The number of rotatable bonds is 10. The van der Waals surface area contributed by atoms with Gasteiger partial charge in [0.2, 0.25) is 0 Å². The van der Waals surface area contributed by atoms with Gasteiger partial charge in [-0.1, -0.05) is 58.0 Å². The Kier molecular flexibility index (Phi) is 31.0. The number of hydrogen-bond acceptors (Lipinski definition) is 30. The first-order chi connectivity index (χ1) is 41.5. The summed E-state index contributed by atoms with van der Waals surface area (Å²) in [6.07, 6.45) is 0. The summed E-state index contributed by atoms with van der Waals surface area (Å²) in [6.45, 7) is 18.1. The van der Waals surface area contributed by atoms with E-state index in [1.807, 2.05) is 69.2 Å². The van der Waals surface area contributed by atoms with E-state index in [2.05, 4.69) is 101 Å². The van der Waals surface area contributed by atoms with Gasteiger partial charge in [-0.25, -0.2) is 49.8 Å². The fourth-order valence-electron chi connectivity index (χ4n) is 5.47. The first-order valence-corrected chi connectivity index (χ1v) is 27.1. The molecule has 5 aromatic rings. The Hall–Kier alpha value is -10.5. The predicted octanol–water partition coefficient (Wildman–Crippen LogP) is -1.26. The molecule has 0 spiro atoms. The largest absolute Gasteiger partial charge is 0.382 e. The van der Waals surface area contributed by atoms with Gasteiger partial charge in [-0.3, -0.25) is 75.5 Å². The molecule has 0 aliphatic carbocycles. The van der Waals surface area contributed by atoms with Crippen molar-refractivity contribution in [1.29, 1.82) is 0 Å². The zero-order valence-electron chi connectivity index (χ0n) is 49.7. The summed E-state index contributed by atoms with van der Waals surface area (Å²) in [6, 6.07) is -0.260. The van der Waals surface area contributed by atoms with Gasteiger partial charge >= 0.3 is 0 Å². The highest BCUT2D eigenvalue weighted by Gasteiger charge is 2.21. The van der Waals surface area contributed by atoms with Gasteiger partial charge in [-0.05, 0) is 69.2 Å². The molecular weight excluding hydrogens is 1290 g/mol. The summed E-state index contributed by atoms with van der Waals surface area (Å²) in [5, 5.41) is 11.1. The Morgan fingerprint density at radius 2 is 0.389 bits per heavy atom. The van der Waals surface area contributed by atoms with Crippen LogP contribution in [0.4, 0.5) is 58.2 Å². The SMILES string of the molecule is CC(C)N=C(N)NC(=O)c1nc(Cl)c(N)nc1N.CC(C)N=C(N)NC(=O)c1nc(Cl)c(N)nc1N.CC(C)N=C(N)NC(=O)c1nc(Cl)c(N)nc1N.CC(C)N=C(N)NC(=O)c1nc(Cl)c(N)nc1N.CC(C)N=C(N)NC(=O)c1nc(Cl)c(N)nc1N. The van der Waals surface area contributed by atoms with Crippen molar-refractivity contribution in [2.45, 2.75) is 99.4 Å². The molecule has 490 valence electrons. The molecule has 90 heavy (non-hydrogen) atoms. The maximum Gasteiger partial charge on any atom is 0.280 e. The number of nitrogens with zero attached hydrogens (tertiary/aromatic N) is 15. The molecule has 5 heterocycles. The number of carbonyl (C=O) groups is 5. The van der Waals surface area contributed by atoms with Gasteiger partial charge in [0.25, 0.3) is 29.5 Å². The number of halogens is 5. The van der Waals surface area contributed by atoms with E-state index in [9.17, 15) is 24.0 Å². The van der Waals surface area contributed by atoms with Crippen LogP contribution in [0.25, 0.3) is 0 Å². The third-order valence-electron chi connectivity index (χ3n) is 8.79. The first-order valence-electron chi connectivity index (χ1n) is 25.2. The lowest BCUT2D eigenvalue weighted by Gasteiger charge is -2.07. The Morgan fingerprint density at radius 3 is 0.500 bits per heavy atom. The molecule has 0 fully saturated rings. The van der Waals surface area contributed by atoms with Gasteiger partial charge in [0.05, 0.1) is 0 Å². The summed E-state index contributed by atoms with van der Waals surface area (Å²) in [5.41, 5.74) is 81.3. The number of anilines is 10. The lowest BCUT2D eigenvalue weighted by atomic mass is 10.4. The van der Waals surface area contributed by atoms with E-state index >= 15 is 0 Å². The normalized spacial score (nSPS) is 11.7. The van der Waals surface area contributed by atoms with E-state index < -0.39 is 29.5 Å². The smallest absolute Gasteiger partial charge is 0.280 e.